The summed E-state index contributed by atoms with van der Waals surface area (Å²) < 4.78 is 11.3. The van der Waals surface area contributed by atoms with Crippen LogP contribution in [-0.4, -0.2) is 19.8 Å². The maximum Gasteiger partial charge on any atom is 0.122 e. The number of methoxy groups -OCH3 is 1. The molecule has 0 spiro atoms. The van der Waals surface area contributed by atoms with E-state index in [2.05, 4.69) is 25.1 Å². The molecule has 0 heterocycles. The largest absolute Gasteiger partial charge is 0.496 e. The highest BCUT2D eigenvalue weighted by molar-refractivity contribution is 5.36. The van der Waals surface area contributed by atoms with Gasteiger partial charge in [-0.3, -0.25) is 0 Å². The van der Waals surface area contributed by atoms with Crippen LogP contribution >= 0.6 is 0 Å². The maximum absolute atomic E-state index is 5.95. The minimum atomic E-state index is 0.506. The van der Waals surface area contributed by atoms with Gasteiger partial charge in [-0.2, -0.15) is 0 Å². The minimum Gasteiger partial charge on any atom is -0.496 e. The molecule has 2 heteroatoms. The van der Waals surface area contributed by atoms with E-state index < -0.39 is 0 Å². The van der Waals surface area contributed by atoms with Crippen LogP contribution in [0.3, 0.4) is 0 Å². The second kappa shape index (κ2) is 6.79. The van der Waals surface area contributed by atoms with Crippen LogP contribution in [0.15, 0.2) is 18.2 Å². The van der Waals surface area contributed by atoms with E-state index in [0.717, 1.165) is 18.8 Å². The SMILES string of the molecule is COc1cc(CCOC2CCCCC2)ccc1C. The molecule has 0 saturated heterocycles. The Kier molecular flexibility index (Phi) is 5.06. The summed E-state index contributed by atoms with van der Waals surface area (Å²) in [5.74, 6) is 0.977. The van der Waals surface area contributed by atoms with Crippen molar-refractivity contribution in [3.63, 3.8) is 0 Å². The van der Waals surface area contributed by atoms with Crippen molar-refractivity contribution < 1.29 is 9.47 Å². The van der Waals surface area contributed by atoms with Crippen molar-refractivity contribution in [1.29, 1.82) is 0 Å². The highest BCUT2D eigenvalue weighted by Gasteiger charge is 2.13. The average molecular weight is 248 g/mol. The van der Waals surface area contributed by atoms with Crippen molar-refractivity contribution in [2.24, 2.45) is 0 Å². The maximum atomic E-state index is 5.95. The topological polar surface area (TPSA) is 18.5 Å². The number of ether oxygens (including phenoxy) is 2. The third-order valence-corrected chi connectivity index (χ3v) is 3.77. The third-order valence-electron chi connectivity index (χ3n) is 3.77. The number of benzene rings is 1. The lowest BCUT2D eigenvalue weighted by Crippen LogP contribution is -2.17. The Labute approximate surface area is 110 Å². The second-order valence-corrected chi connectivity index (χ2v) is 5.18. The lowest BCUT2D eigenvalue weighted by Gasteiger charge is -2.22. The van der Waals surface area contributed by atoms with E-state index in [9.17, 15) is 0 Å². The lowest BCUT2D eigenvalue weighted by molar-refractivity contribution is 0.0303. The van der Waals surface area contributed by atoms with Gasteiger partial charge in [0, 0.05) is 0 Å². The van der Waals surface area contributed by atoms with Gasteiger partial charge in [-0.1, -0.05) is 31.4 Å². The number of hydrogen-bond donors (Lipinski definition) is 0. The molecule has 18 heavy (non-hydrogen) atoms. The molecule has 1 aromatic carbocycles. The fraction of sp³-hybridized carbons (Fsp3) is 0.625. The summed E-state index contributed by atoms with van der Waals surface area (Å²) in [5.41, 5.74) is 2.49. The normalized spacial score (nSPS) is 16.8. The first-order valence-electron chi connectivity index (χ1n) is 7.04. The Morgan fingerprint density at radius 1 is 1.17 bits per heavy atom. The molecule has 0 N–H and O–H groups in total. The van der Waals surface area contributed by atoms with Gasteiger partial charge >= 0.3 is 0 Å². The summed E-state index contributed by atoms with van der Waals surface area (Å²) in [6.07, 6.45) is 8.04. The van der Waals surface area contributed by atoms with E-state index in [1.807, 2.05) is 0 Å². The Morgan fingerprint density at radius 2 is 1.94 bits per heavy atom. The van der Waals surface area contributed by atoms with Crippen molar-refractivity contribution >= 4 is 0 Å². The van der Waals surface area contributed by atoms with Crippen LogP contribution in [0.2, 0.25) is 0 Å². The average Bonchev–Trinajstić information content (AvgIpc) is 2.42. The van der Waals surface area contributed by atoms with Crippen LogP contribution in [-0.2, 0) is 11.2 Å². The van der Waals surface area contributed by atoms with E-state index in [4.69, 9.17) is 9.47 Å². The van der Waals surface area contributed by atoms with Crippen molar-refractivity contribution in [3.05, 3.63) is 29.3 Å². The number of aryl methyl sites for hydroxylation is 1. The summed E-state index contributed by atoms with van der Waals surface area (Å²) in [5, 5.41) is 0. The molecular weight excluding hydrogens is 224 g/mol. The molecular formula is C16H24O2. The number of hydrogen-bond acceptors (Lipinski definition) is 2. The van der Waals surface area contributed by atoms with Gasteiger partial charge < -0.3 is 9.47 Å². The zero-order chi connectivity index (χ0) is 12.8. The molecule has 0 aromatic heterocycles. The van der Waals surface area contributed by atoms with E-state index in [0.29, 0.717) is 6.10 Å². The first kappa shape index (κ1) is 13.4. The molecule has 1 fully saturated rings. The molecule has 100 valence electrons. The van der Waals surface area contributed by atoms with Crippen molar-refractivity contribution in [3.8, 4) is 5.75 Å². The second-order valence-electron chi connectivity index (χ2n) is 5.18. The molecule has 0 atom stereocenters. The molecule has 0 unspecified atom stereocenters. The molecule has 1 aliphatic carbocycles. The monoisotopic (exact) mass is 248 g/mol. The Balaban J connectivity index is 1.79. The fourth-order valence-corrected chi connectivity index (χ4v) is 2.60. The summed E-state index contributed by atoms with van der Waals surface area (Å²) >= 11 is 0. The van der Waals surface area contributed by atoms with Crippen molar-refractivity contribution in [1.82, 2.24) is 0 Å². The first-order valence-corrected chi connectivity index (χ1v) is 7.04. The Bertz CT molecular complexity index is 367. The molecule has 2 nitrogen and oxygen atoms in total. The van der Waals surface area contributed by atoms with Gasteiger partial charge in [0.1, 0.15) is 5.75 Å². The van der Waals surface area contributed by atoms with Crippen LogP contribution in [0.25, 0.3) is 0 Å². The van der Waals surface area contributed by atoms with Gasteiger partial charge in [0.05, 0.1) is 19.8 Å². The van der Waals surface area contributed by atoms with Crippen LogP contribution in [0.5, 0.6) is 5.75 Å². The zero-order valence-electron chi connectivity index (χ0n) is 11.6. The summed E-state index contributed by atoms with van der Waals surface area (Å²) in [6, 6.07) is 6.41. The van der Waals surface area contributed by atoms with E-state index in [-0.39, 0.29) is 0 Å². The smallest absolute Gasteiger partial charge is 0.122 e. The van der Waals surface area contributed by atoms with E-state index in [1.165, 1.54) is 43.2 Å². The molecule has 1 aromatic rings. The van der Waals surface area contributed by atoms with Gasteiger partial charge in [-0.15, -0.1) is 0 Å². The molecule has 2 rings (SSSR count). The predicted octanol–water partition coefficient (Wildman–Crippen LogP) is 3.90. The van der Waals surface area contributed by atoms with Gasteiger partial charge in [0.25, 0.3) is 0 Å². The third kappa shape index (κ3) is 3.74. The molecule has 0 aliphatic heterocycles. The highest BCUT2D eigenvalue weighted by Crippen LogP contribution is 2.22. The van der Waals surface area contributed by atoms with Crippen molar-refractivity contribution in [2.75, 3.05) is 13.7 Å². The standard InChI is InChI=1S/C16H24O2/c1-13-8-9-14(12-16(13)17-2)10-11-18-15-6-4-3-5-7-15/h8-9,12,15H,3-7,10-11H2,1-2H3. The van der Waals surface area contributed by atoms with Gasteiger partial charge in [-0.05, 0) is 43.4 Å². The minimum absolute atomic E-state index is 0.506. The van der Waals surface area contributed by atoms with Crippen LogP contribution in [0.4, 0.5) is 0 Å². The number of rotatable bonds is 5. The van der Waals surface area contributed by atoms with Crippen LogP contribution in [0.1, 0.15) is 43.2 Å². The fourth-order valence-electron chi connectivity index (χ4n) is 2.60. The van der Waals surface area contributed by atoms with Gasteiger partial charge in [0.2, 0.25) is 0 Å². The lowest BCUT2D eigenvalue weighted by atomic mass is 9.98. The zero-order valence-corrected chi connectivity index (χ0v) is 11.6. The van der Waals surface area contributed by atoms with E-state index in [1.54, 1.807) is 7.11 Å². The van der Waals surface area contributed by atoms with Crippen LogP contribution < -0.4 is 4.74 Å². The Morgan fingerprint density at radius 3 is 2.67 bits per heavy atom. The molecule has 0 bridgehead atoms. The highest BCUT2D eigenvalue weighted by atomic mass is 16.5. The van der Waals surface area contributed by atoms with Gasteiger partial charge in [-0.25, -0.2) is 0 Å². The van der Waals surface area contributed by atoms with E-state index >= 15 is 0 Å². The summed E-state index contributed by atoms with van der Waals surface area (Å²) in [6.45, 7) is 2.90. The molecule has 0 amide bonds. The van der Waals surface area contributed by atoms with Crippen LogP contribution in [0, 0.1) is 6.92 Å². The molecule has 1 saturated carbocycles. The summed E-state index contributed by atoms with van der Waals surface area (Å²) in [7, 11) is 1.73. The summed E-state index contributed by atoms with van der Waals surface area (Å²) in [4.78, 5) is 0. The van der Waals surface area contributed by atoms with Crippen molar-refractivity contribution in [2.45, 2.75) is 51.6 Å². The predicted molar refractivity (Wildman–Crippen MR) is 74.3 cm³/mol. The quantitative estimate of drug-likeness (QED) is 0.787. The first-order chi connectivity index (χ1) is 8.79. The van der Waals surface area contributed by atoms with Gasteiger partial charge in [0.15, 0.2) is 0 Å². The Hall–Kier alpha value is -1.02. The molecule has 0 radical (unpaired) electrons. The molecule has 1 aliphatic rings.